The highest BCUT2D eigenvalue weighted by atomic mass is 32.1. The number of anilines is 1. The Morgan fingerprint density at radius 1 is 0.944 bits per heavy atom. The predicted octanol–water partition coefficient (Wildman–Crippen LogP) is 8.05. The van der Waals surface area contributed by atoms with E-state index < -0.39 is 0 Å². The van der Waals surface area contributed by atoms with Crippen LogP contribution in [0.4, 0.5) is 5.69 Å². The summed E-state index contributed by atoms with van der Waals surface area (Å²) in [7, 11) is 0. The fourth-order valence-corrected chi connectivity index (χ4v) is 5.27. The number of hydrogen-bond acceptors (Lipinski definition) is 3. The van der Waals surface area contributed by atoms with E-state index in [0.717, 1.165) is 67.9 Å². The SMILES string of the molecule is O=C(Nc1cccc(S)c1)/C(=C/CCC(c1ccccc1)c1ccccc1)CCC1CCCOCC1. The van der Waals surface area contributed by atoms with E-state index in [0.29, 0.717) is 11.8 Å². The zero-order valence-electron chi connectivity index (χ0n) is 20.9. The van der Waals surface area contributed by atoms with E-state index in [2.05, 4.69) is 84.7 Å². The van der Waals surface area contributed by atoms with Crippen LogP contribution in [0, 0.1) is 5.92 Å². The lowest BCUT2D eigenvalue weighted by molar-refractivity contribution is -0.113. The lowest BCUT2D eigenvalue weighted by Gasteiger charge is -2.18. The van der Waals surface area contributed by atoms with Gasteiger partial charge in [-0.05, 0) is 80.2 Å². The molecule has 188 valence electrons. The summed E-state index contributed by atoms with van der Waals surface area (Å²) in [6.45, 7) is 1.70. The Morgan fingerprint density at radius 3 is 2.36 bits per heavy atom. The fraction of sp³-hybridized carbons (Fsp3) is 0.344. The quantitative estimate of drug-likeness (QED) is 0.219. The van der Waals surface area contributed by atoms with Gasteiger partial charge < -0.3 is 10.1 Å². The van der Waals surface area contributed by atoms with Gasteiger partial charge in [0, 0.05) is 35.3 Å². The van der Waals surface area contributed by atoms with Crippen LogP contribution in [-0.4, -0.2) is 19.1 Å². The minimum atomic E-state index is -0.00484. The summed E-state index contributed by atoms with van der Waals surface area (Å²) < 4.78 is 5.64. The summed E-state index contributed by atoms with van der Waals surface area (Å²) in [5.74, 6) is 0.911. The Kier molecular flexibility index (Phi) is 10.2. The molecule has 1 amide bonds. The number of carbonyl (C=O) groups is 1. The van der Waals surface area contributed by atoms with Gasteiger partial charge in [-0.25, -0.2) is 0 Å². The van der Waals surface area contributed by atoms with Crippen LogP contribution < -0.4 is 5.32 Å². The van der Waals surface area contributed by atoms with Gasteiger partial charge in [0.1, 0.15) is 0 Å². The van der Waals surface area contributed by atoms with Gasteiger partial charge in [0.25, 0.3) is 5.91 Å². The van der Waals surface area contributed by atoms with Crippen LogP contribution in [0.2, 0.25) is 0 Å². The molecule has 0 aromatic heterocycles. The third kappa shape index (κ3) is 8.11. The Bertz CT molecular complexity index is 1070. The van der Waals surface area contributed by atoms with Crippen molar-refractivity contribution in [3.8, 4) is 0 Å². The lowest BCUT2D eigenvalue weighted by atomic mass is 9.87. The highest BCUT2D eigenvalue weighted by Crippen LogP contribution is 2.30. The molecule has 1 aliphatic heterocycles. The number of thiol groups is 1. The molecular formula is C32H37NO2S. The van der Waals surface area contributed by atoms with Crippen molar-refractivity contribution in [2.75, 3.05) is 18.5 Å². The molecule has 1 saturated heterocycles. The van der Waals surface area contributed by atoms with Gasteiger partial charge in [-0.15, -0.1) is 12.6 Å². The third-order valence-electron chi connectivity index (χ3n) is 7.04. The first-order valence-electron chi connectivity index (χ1n) is 13.2. The molecule has 1 aliphatic rings. The summed E-state index contributed by atoms with van der Waals surface area (Å²) in [5.41, 5.74) is 4.29. The number of carbonyl (C=O) groups excluding carboxylic acids is 1. The molecular weight excluding hydrogens is 462 g/mol. The van der Waals surface area contributed by atoms with Gasteiger partial charge in [0.15, 0.2) is 0 Å². The van der Waals surface area contributed by atoms with Crippen LogP contribution >= 0.6 is 12.6 Å². The molecule has 3 aromatic rings. The van der Waals surface area contributed by atoms with Crippen LogP contribution in [0.1, 0.15) is 62.0 Å². The second-order valence-corrected chi connectivity index (χ2v) is 10.1. The molecule has 1 fully saturated rings. The average molecular weight is 500 g/mol. The van der Waals surface area contributed by atoms with E-state index in [-0.39, 0.29) is 5.91 Å². The molecule has 0 bridgehead atoms. The van der Waals surface area contributed by atoms with Crippen LogP contribution in [-0.2, 0) is 9.53 Å². The van der Waals surface area contributed by atoms with Crippen molar-refractivity contribution >= 4 is 24.2 Å². The van der Waals surface area contributed by atoms with Crippen molar-refractivity contribution < 1.29 is 9.53 Å². The largest absolute Gasteiger partial charge is 0.381 e. The van der Waals surface area contributed by atoms with Crippen molar-refractivity contribution in [1.82, 2.24) is 0 Å². The van der Waals surface area contributed by atoms with Gasteiger partial charge in [-0.1, -0.05) is 72.8 Å². The van der Waals surface area contributed by atoms with Crippen LogP contribution in [0.25, 0.3) is 0 Å². The smallest absolute Gasteiger partial charge is 0.251 e. The van der Waals surface area contributed by atoms with Crippen LogP contribution in [0.15, 0.2) is 101 Å². The highest BCUT2D eigenvalue weighted by molar-refractivity contribution is 7.80. The lowest BCUT2D eigenvalue weighted by Crippen LogP contribution is -2.16. The van der Waals surface area contributed by atoms with Crippen molar-refractivity contribution in [1.29, 1.82) is 0 Å². The zero-order valence-corrected chi connectivity index (χ0v) is 21.8. The molecule has 1 N–H and O–H groups in total. The fourth-order valence-electron chi connectivity index (χ4n) is 5.04. The summed E-state index contributed by atoms with van der Waals surface area (Å²) >= 11 is 4.42. The van der Waals surface area contributed by atoms with Gasteiger partial charge in [0.05, 0.1) is 0 Å². The number of nitrogens with one attached hydrogen (secondary N) is 1. The molecule has 1 atom stereocenters. The molecule has 0 saturated carbocycles. The summed E-state index contributed by atoms with van der Waals surface area (Å²) in [4.78, 5) is 14.2. The normalized spacial score (nSPS) is 16.5. The Balaban J connectivity index is 1.49. The topological polar surface area (TPSA) is 38.3 Å². The maximum atomic E-state index is 13.4. The second kappa shape index (κ2) is 14.1. The Hall–Kier alpha value is -2.82. The molecule has 0 spiro atoms. The summed E-state index contributed by atoms with van der Waals surface area (Å²) in [6, 6.07) is 29.0. The van der Waals surface area contributed by atoms with Crippen LogP contribution in [0.5, 0.6) is 0 Å². The Labute approximate surface area is 221 Å². The molecule has 3 nitrogen and oxygen atoms in total. The maximum absolute atomic E-state index is 13.4. The average Bonchev–Trinajstić information content (AvgIpc) is 3.18. The van der Waals surface area contributed by atoms with E-state index in [1.165, 1.54) is 17.5 Å². The monoisotopic (exact) mass is 499 g/mol. The van der Waals surface area contributed by atoms with Crippen molar-refractivity contribution in [2.24, 2.45) is 5.92 Å². The van der Waals surface area contributed by atoms with Crippen molar-refractivity contribution in [2.45, 2.75) is 55.8 Å². The predicted molar refractivity (Wildman–Crippen MR) is 152 cm³/mol. The standard InChI is InChI=1S/C32H37NO2S/c34-32(33-29-16-8-17-30(36)24-29)28(20-19-25-10-9-22-35-23-21-25)15-7-18-31(26-11-3-1-4-12-26)27-13-5-2-6-14-27/h1-6,8,11-17,24-25,31,36H,7,9-10,18-23H2,(H,33,34)/b28-15+. The number of amides is 1. The molecule has 1 unspecified atom stereocenters. The summed E-state index contributed by atoms with van der Waals surface area (Å²) in [6.07, 6.45) is 9.16. The summed E-state index contributed by atoms with van der Waals surface area (Å²) in [5, 5.41) is 3.10. The Morgan fingerprint density at radius 2 is 1.67 bits per heavy atom. The molecule has 1 heterocycles. The van der Waals surface area contributed by atoms with Crippen molar-refractivity contribution in [3.63, 3.8) is 0 Å². The minimum Gasteiger partial charge on any atom is -0.381 e. The van der Waals surface area contributed by atoms with Gasteiger partial charge in [-0.2, -0.15) is 0 Å². The number of hydrogen-bond donors (Lipinski definition) is 2. The molecule has 4 rings (SSSR count). The van der Waals surface area contributed by atoms with E-state index >= 15 is 0 Å². The first-order chi connectivity index (χ1) is 17.7. The third-order valence-corrected chi connectivity index (χ3v) is 7.32. The van der Waals surface area contributed by atoms with E-state index in [9.17, 15) is 4.79 Å². The second-order valence-electron chi connectivity index (χ2n) is 9.63. The van der Waals surface area contributed by atoms with Crippen molar-refractivity contribution in [3.05, 3.63) is 108 Å². The maximum Gasteiger partial charge on any atom is 0.251 e. The number of benzene rings is 3. The van der Waals surface area contributed by atoms with Gasteiger partial charge in [-0.3, -0.25) is 4.79 Å². The molecule has 3 aromatic carbocycles. The molecule has 4 heteroatoms. The number of rotatable bonds is 10. The first kappa shape index (κ1) is 26.2. The number of allylic oxidation sites excluding steroid dienone is 1. The van der Waals surface area contributed by atoms with E-state index in [4.69, 9.17) is 4.74 Å². The van der Waals surface area contributed by atoms with E-state index in [1.54, 1.807) is 0 Å². The zero-order chi connectivity index (χ0) is 25.0. The molecule has 36 heavy (non-hydrogen) atoms. The highest BCUT2D eigenvalue weighted by Gasteiger charge is 2.18. The molecule has 0 radical (unpaired) electrons. The van der Waals surface area contributed by atoms with Crippen LogP contribution in [0.3, 0.4) is 0 Å². The molecule has 0 aliphatic carbocycles. The van der Waals surface area contributed by atoms with Gasteiger partial charge in [0.2, 0.25) is 0 Å². The minimum absolute atomic E-state index is 0.00484. The number of ether oxygens (including phenoxy) is 1. The first-order valence-corrected chi connectivity index (χ1v) is 13.6. The van der Waals surface area contributed by atoms with E-state index in [1.807, 2.05) is 24.3 Å². The van der Waals surface area contributed by atoms with Gasteiger partial charge >= 0.3 is 0 Å².